The monoisotopic (exact) mass is 495 g/mol. The van der Waals surface area contributed by atoms with Gasteiger partial charge in [-0.05, 0) is 68.0 Å². The summed E-state index contributed by atoms with van der Waals surface area (Å²) in [6, 6.07) is 9.81. The first-order valence-electron chi connectivity index (χ1n) is 11.6. The Morgan fingerprint density at radius 1 is 1.23 bits per heavy atom. The first-order valence-corrected chi connectivity index (χ1v) is 13.4. The summed E-state index contributed by atoms with van der Waals surface area (Å²) in [6.45, 7) is 1.71. The standard InChI is InChI=1S/C26H26FN3O4S/c1-16(31)4-3-13-30(35(2,32)33)22-15-23-21(14-20(22)17-5-6-17)24(26-28-11-12-29-26)25(34-23)18-7-9-19(27)10-8-18/h7-12,14-15,17H,3-6,13H2,1-2H3,(H,28,29). The van der Waals surface area contributed by atoms with Crippen LogP contribution >= 0.6 is 0 Å². The second kappa shape index (κ2) is 8.96. The van der Waals surface area contributed by atoms with Gasteiger partial charge in [0.25, 0.3) is 0 Å². The molecule has 9 heteroatoms. The number of halogens is 1. The van der Waals surface area contributed by atoms with Gasteiger partial charge in [0.2, 0.25) is 10.0 Å². The maximum atomic E-state index is 13.6. The molecule has 0 radical (unpaired) electrons. The van der Waals surface area contributed by atoms with Crippen LogP contribution in [0, 0.1) is 5.82 Å². The lowest BCUT2D eigenvalue weighted by Gasteiger charge is -2.25. The normalized spacial score (nSPS) is 13.9. The minimum absolute atomic E-state index is 0.0226. The molecule has 1 fully saturated rings. The maximum absolute atomic E-state index is 13.6. The molecule has 0 atom stereocenters. The second-order valence-corrected chi connectivity index (χ2v) is 11.0. The van der Waals surface area contributed by atoms with Crippen molar-refractivity contribution >= 4 is 32.5 Å². The molecule has 5 rings (SSSR count). The van der Waals surface area contributed by atoms with Crippen LogP contribution in [0.1, 0.15) is 44.1 Å². The molecule has 0 unspecified atom stereocenters. The summed E-state index contributed by atoms with van der Waals surface area (Å²) in [5, 5.41) is 0.808. The molecular weight excluding hydrogens is 469 g/mol. The minimum atomic E-state index is -3.60. The molecule has 0 saturated heterocycles. The highest BCUT2D eigenvalue weighted by Crippen LogP contribution is 2.49. The third-order valence-corrected chi connectivity index (χ3v) is 7.43. The number of aromatic nitrogens is 2. The van der Waals surface area contributed by atoms with Gasteiger partial charge in [0.15, 0.2) is 0 Å². The molecule has 182 valence electrons. The Hall–Kier alpha value is -3.46. The fourth-order valence-electron chi connectivity index (χ4n) is 4.46. The van der Waals surface area contributed by atoms with Gasteiger partial charge in [-0.2, -0.15) is 0 Å². The van der Waals surface area contributed by atoms with Crippen molar-refractivity contribution in [2.45, 2.75) is 38.5 Å². The van der Waals surface area contributed by atoms with E-state index in [-0.39, 0.29) is 24.1 Å². The van der Waals surface area contributed by atoms with E-state index in [1.807, 2.05) is 6.07 Å². The number of benzene rings is 2. The minimum Gasteiger partial charge on any atom is -0.455 e. The zero-order valence-electron chi connectivity index (χ0n) is 19.5. The number of carbonyl (C=O) groups is 1. The van der Waals surface area contributed by atoms with Crippen LogP contribution in [0.15, 0.2) is 53.2 Å². The Kier molecular flexibility index (Phi) is 5.96. The zero-order valence-corrected chi connectivity index (χ0v) is 20.4. The number of H-pyrrole nitrogens is 1. The Labute approximate surface area is 203 Å². The third-order valence-electron chi connectivity index (χ3n) is 6.25. The predicted molar refractivity (Wildman–Crippen MR) is 133 cm³/mol. The lowest BCUT2D eigenvalue weighted by atomic mass is 10.0. The summed E-state index contributed by atoms with van der Waals surface area (Å²) >= 11 is 0. The summed E-state index contributed by atoms with van der Waals surface area (Å²) in [5.41, 5.74) is 3.45. The first-order chi connectivity index (χ1) is 16.7. The van der Waals surface area contributed by atoms with Crippen molar-refractivity contribution in [1.29, 1.82) is 0 Å². The van der Waals surface area contributed by atoms with E-state index in [0.29, 0.717) is 41.3 Å². The number of imidazole rings is 1. The van der Waals surface area contributed by atoms with Gasteiger partial charge in [0.1, 0.15) is 28.8 Å². The van der Waals surface area contributed by atoms with Gasteiger partial charge in [-0.1, -0.05) is 0 Å². The van der Waals surface area contributed by atoms with Crippen LogP contribution in [0.4, 0.5) is 10.1 Å². The average Bonchev–Trinajstić information content (AvgIpc) is 3.37. The van der Waals surface area contributed by atoms with Gasteiger partial charge in [-0.15, -0.1) is 0 Å². The lowest BCUT2D eigenvalue weighted by Crippen LogP contribution is -2.32. The van der Waals surface area contributed by atoms with Gasteiger partial charge in [-0.3, -0.25) is 4.31 Å². The molecule has 1 aliphatic carbocycles. The van der Waals surface area contributed by atoms with Crippen molar-refractivity contribution in [2.24, 2.45) is 0 Å². The molecule has 0 aliphatic heterocycles. The van der Waals surface area contributed by atoms with Crippen LogP contribution in [0.25, 0.3) is 33.7 Å². The van der Waals surface area contributed by atoms with Crippen LogP contribution < -0.4 is 4.31 Å². The number of hydrogen-bond donors (Lipinski definition) is 1. The SMILES string of the molecule is CC(=O)CCCN(c1cc2oc(-c3ccc(F)cc3)c(-c3ncc[nH]3)c2cc1C1CC1)S(C)(=O)=O. The molecule has 2 aromatic carbocycles. The smallest absolute Gasteiger partial charge is 0.232 e. The quantitative estimate of drug-likeness (QED) is 0.324. The maximum Gasteiger partial charge on any atom is 0.232 e. The number of hydrogen-bond acceptors (Lipinski definition) is 5. The number of Topliss-reactive ketones (excluding diaryl/α,β-unsaturated/α-hetero) is 1. The molecule has 0 amide bonds. The van der Waals surface area contributed by atoms with Crippen LogP contribution in [0.5, 0.6) is 0 Å². The number of fused-ring (bicyclic) bond motifs is 1. The van der Waals surface area contributed by atoms with Crippen LogP contribution in [-0.4, -0.2) is 37.0 Å². The molecule has 1 saturated carbocycles. The molecular formula is C26H26FN3O4S. The Morgan fingerprint density at radius 3 is 2.57 bits per heavy atom. The van der Waals surface area contributed by atoms with Crippen molar-refractivity contribution in [3.8, 4) is 22.7 Å². The summed E-state index contributed by atoms with van der Waals surface area (Å²) in [4.78, 5) is 19.0. The van der Waals surface area contributed by atoms with Gasteiger partial charge in [0, 0.05) is 42.4 Å². The summed E-state index contributed by atoms with van der Waals surface area (Å²) in [7, 11) is -3.60. The number of sulfonamides is 1. The highest BCUT2D eigenvalue weighted by Gasteiger charge is 2.32. The van der Waals surface area contributed by atoms with E-state index in [1.54, 1.807) is 30.6 Å². The molecule has 1 aliphatic rings. The van der Waals surface area contributed by atoms with E-state index in [4.69, 9.17) is 4.42 Å². The van der Waals surface area contributed by atoms with Gasteiger partial charge >= 0.3 is 0 Å². The number of furan rings is 1. The predicted octanol–water partition coefficient (Wildman–Crippen LogP) is 5.64. The molecule has 35 heavy (non-hydrogen) atoms. The molecule has 2 aromatic heterocycles. The van der Waals surface area contributed by atoms with Crippen molar-refractivity contribution in [3.63, 3.8) is 0 Å². The number of carbonyl (C=O) groups excluding carboxylic acids is 1. The van der Waals surface area contributed by atoms with Gasteiger partial charge in [-0.25, -0.2) is 17.8 Å². The number of nitrogens with zero attached hydrogens (tertiary/aromatic N) is 2. The number of ketones is 1. The third kappa shape index (κ3) is 4.73. The zero-order chi connectivity index (χ0) is 24.7. The van der Waals surface area contributed by atoms with E-state index in [1.165, 1.54) is 29.6 Å². The van der Waals surface area contributed by atoms with E-state index < -0.39 is 10.0 Å². The largest absolute Gasteiger partial charge is 0.455 e. The fourth-order valence-corrected chi connectivity index (χ4v) is 5.44. The summed E-state index contributed by atoms with van der Waals surface area (Å²) in [5.74, 6) is 1.06. The number of nitrogens with one attached hydrogen (secondary N) is 1. The van der Waals surface area contributed by atoms with Gasteiger partial charge < -0.3 is 14.2 Å². The topological polar surface area (TPSA) is 96.3 Å². The van der Waals surface area contributed by atoms with Crippen molar-refractivity contribution in [1.82, 2.24) is 9.97 Å². The second-order valence-electron chi connectivity index (χ2n) is 9.07. The fraction of sp³-hybridized carbons (Fsp3) is 0.308. The van der Waals surface area contributed by atoms with Crippen LogP contribution in [-0.2, 0) is 14.8 Å². The van der Waals surface area contributed by atoms with Crippen LogP contribution in [0.2, 0.25) is 0 Å². The average molecular weight is 496 g/mol. The van der Waals surface area contributed by atoms with E-state index in [0.717, 1.165) is 29.4 Å². The Bertz CT molecular complexity index is 1490. The molecule has 2 heterocycles. The van der Waals surface area contributed by atoms with Crippen molar-refractivity contribution in [3.05, 3.63) is 60.2 Å². The summed E-state index contributed by atoms with van der Waals surface area (Å²) in [6.07, 6.45) is 7.25. The van der Waals surface area contributed by atoms with E-state index >= 15 is 0 Å². The van der Waals surface area contributed by atoms with Gasteiger partial charge in [0.05, 0.1) is 17.5 Å². The molecule has 0 bridgehead atoms. The van der Waals surface area contributed by atoms with E-state index in [9.17, 15) is 17.6 Å². The Balaban J connectivity index is 1.71. The Morgan fingerprint density at radius 2 is 1.97 bits per heavy atom. The highest BCUT2D eigenvalue weighted by molar-refractivity contribution is 7.92. The number of rotatable bonds is 9. The number of aromatic amines is 1. The number of anilines is 1. The first kappa shape index (κ1) is 23.3. The molecule has 7 nitrogen and oxygen atoms in total. The molecule has 1 N–H and O–H groups in total. The van der Waals surface area contributed by atoms with E-state index in [2.05, 4.69) is 9.97 Å². The van der Waals surface area contributed by atoms with Crippen molar-refractivity contribution in [2.75, 3.05) is 17.1 Å². The highest BCUT2D eigenvalue weighted by atomic mass is 32.2. The van der Waals surface area contributed by atoms with Crippen LogP contribution in [0.3, 0.4) is 0 Å². The molecule has 0 spiro atoms. The van der Waals surface area contributed by atoms with Crippen molar-refractivity contribution < 1.29 is 22.0 Å². The lowest BCUT2D eigenvalue weighted by molar-refractivity contribution is -0.117. The molecule has 4 aromatic rings. The summed E-state index contributed by atoms with van der Waals surface area (Å²) < 4.78 is 46.9.